The minimum atomic E-state index is -0.978. The number of rotatable bonds is 3. The number of esters is 1. The molecular weight excluding hydrogens is 310 g/mol. The summed E-state index contributed by atoms with van der Waals surface area (Å²) in [5.74, 6) is -1.52. The molecule has 0 fully saturated rings. The van der Waals surface area contributed by atoms with Gasteiger partial charge in [0.05, 0.1) is 5.39 Å². The molecule has 0 saturated heterocycles. The van der Waals surface area contributed by atoms with Crippen molar-refractivity contribution in [3.63, 3.8) is 0 Å². The van der Waals surface area contributed by atoms with Gasteiger partial charge in [0.25, 0.3) is 5.91 Å². The van der Waals surface area contributed by atoms with E-state index in [1.807, 2.05) is 0 Å². The SMILES string of the molecule is C[C@H](OC(=O)c1cc(=O)c2cc(Cl)ccc2o1)C(=O)N(C)C. The van der Waals surface area contributed by atoms with E-state index in [9.17, 15) is 14.4 Å². The van der Waals surface area contributed by atoms with Crippen LogP contribution >= 0.6 is 11.6 Å². The molecule has 1 aromatic carbocycles. The Morgan fingerprint density at radius 1 is 1.27 bits per heavy atom. The molecule has 6 nitrogen and oxygen atoms in total. The molecule has 1 aromatic heterocycles. The van der Waals surface area contributed by atoms with Crippen LogP contribution in [0.3, 0.4) is 0 Å². The van der Waals surface area contributed by atoms with Gasteiger partial charge in [0.1, 0.15) is 5.58 Å². The van der Waals surface area contributed by atoms with Gasteiger partial charge in [0, 0.05) is 25.2 Å². The second kappa shape index (κ2) is 6.19. The van der Waals surface area contributed by atoms with Crippen molar-refractivity contribution >= 4 is 34.4 Å². The lowest BCUT2D eigenvalue weighted by Gasteiger charge is -2.16. The van der Waals surface area contributed by atoms with Crippen LogP contribution in [0.25, 0.3) is 11.0 Å². The van der Waals surface area contributed by atoms with Gasteiger partial charge in [-0.15, -0.1) is 0 Å². The monoisotopic (exact) mass is 323 g/mol. The van der Waals surface area contributed by atoms with Crippen molar-refractivity contribution in [3.05, 3.63) is 45.3 Å². The van der Waals surface area contributed by atoms with Gasteiger partial charge in [0.15, 0.2) is 11.5 Å². The number of likely N-dealkylation sites (N-methyl/N-ethyl adjacent to an activating group) is 1. The highest BCUT2D eigenvalue weighted by Crippen LogP contribution is 2.18. The highest BCUT2D eigenvalue weighted by molar-refractivity contribution is 6.31. The van der Waals surface area contributed by atoms with Crippen LogP contribution in [0.5, 0.6) is 0 Å². The van der Waals surface area contributed by atoms with E-state index in [0.717, 1.165) is 6.07 Å². The largest absolute Gasteiger partial charge is 0.449 e. The number of carbonyl (C=O) groups excluding carboxylic acids is 2. The molecule has 2 rings (SSSR count). The Hall–Kier alpha value is -2.34. The third-order valence-electron chi connectivity index (χ3n) is 2.96. The van der Waals surface area contributed by atoms with Crippen LogP contribution in [-0.4, -0.2) is 37.0 Å². The van der Waals surface area contributed by atoms with E-state index in [1.165, 1.54) is 24.0 Å². The number of hydrogen-bond donors (Lipinski definition) is 0. The zero-order valence-electron chi connectivity index (χ0n) is 12.3. The van der Waals surface area contributed by atoms with Crippen molar-refractivity contribution in [2.24, 2.45) is 0 Å². The van der Waals surface area contributed by atoms with Crippen molar-refractivity contribution < 1.29 is 18.7 Å². The average molecular weight is 324 g/mol. The number of nitrogens with zero attached hydrogens (tertiary/aromatic N) is 1. The van der Waals surface area contributed by atoms with Gasteiger partial charge in [0.2, 0.25) is 5.76 Å². The van der Waals surface area contributed by atoms with Crippen LogP contribution < -0.4 is 5.43 Å². The standard InChI is InChI=1S/C15H14ClNO5/c1-8(14(19)17(2)3)21-15(20)13-7-11(18)10-6-9(16)4-5-12(10)22-13/h4-8H,1-3H3/t8-/m0/s1. The maximum Gasteiger partial charge on any atom is 0.375 e. The van der Waals surface area contributed by atoms with E-state index in [2.05, 4.69) is 0 Å². The molecule has 0 aliphatic carbocycles. The second-order valence-electron chi connectivity index (χ2n) is 4.90. The molecule has 0 unspecified atom stereocenters. The van der Waals surface area contributed by atoms with E-state index < -0.39 is 17.5 Å². The Bertz CT molecular complexity index is 796. The highest BCUT2D eigenvalue weighted by atomic mass is 35.5. The second-order valence-corrected chi connectivity index (χ2v) is 5.33. The van der Waals surface area contributed by atoms with Gasteiger partial charge in [-0.05, 0) is 25.1 Å². The summed E-state index contributed by atoms with van der Waals surface area (Å²) in [4.78, 5) is 36.9. The number of hydrogen-bond acceptors (Lipinski definition) is 5. The Morgan fingerprint density at radius 2 is 1.95 bits per heavy atom. The summed E-state index contributed by atoms with van der Waals surface area (Å²) in [6.07, 6.45) is -0.978. The summed E-state index contributed by atoms with van der Waals surface area (Å²) in [6, 6.07) is 5.51. The first-order chi connectivity index (χ1) is 10.3. The van der Waals surface area contributed by atoms with Crippen LogP contribution in [0.15, 0.2) is 33.5 Å². The molecule has 7 heteroatoms. The maximum absolute atomic E-state index is 12.0. The minimum absolute atomic E-state index is 0.218. The lowest BCUT2D eigenvalue weighted by atomic mass is 10.2. The summed E-state index contributed by atoms with van der Waals surface area (Å²) in [7, 11) is 3.10. The smallest absolute Gasteiger partial charge is 0.375 e. The summed E-state index contributed by atoms with van der Waals surface area (Å²) in [5.41, 5.74) is -0.197. The fourth-order valence-corrected chi connectivity index (χ4v) is 2.03. The quantitative estimate of drug-likeness (QED) is 0.808. The Balaban J connectivity index is 2.31. The van der Waals surface area contributed by atoms with Crippen LogP contribution in [0.1, 0.15) is 17.5 Å². The normalized spacial score (nSPS) is 12.0. The molecule has 2 aromatic rings. The van der Waals surface area contributed by atoms with Crippen molar-refractivity contribution in [1.82, 2.24) is 4.90 Å². The number of benzene rings is 1. The Kier molecular flexibility index (Phi) is 4.51. The number of amides is 1. The molecule has 0 radical (unpaired) electrons. The molecular formula is C15H14ClNO5. The molecule has 116 valence electrons. The van der Waals surface area contributed by atoms with Crippen molar-refractivity contribution in [3.8, 4) is 0 Å². The molecule has 0 aliphatic rings. The van der Waals surface area contributed by atoms with Crippen LogP contribution in [0.2, 0.25) is 5.02 Å². The molecule has 1 atom stereocenters. The number of halogens is 1. The number of carbonyl (C=O) groups is 2. The van der Waals surface area contributed by atoms with E-state index in [4.69, 9.17) is 20.8 Å². The molecule has 1 heterocycles. The van der Waals surface area contributed by atoms with Crippen LogP contribution in [-0.2, 0) is 9.53 Å². The maximum atomic E-state index is 12.0. The first-order valence-electron chi connectivity index (χ1n) is 6.45. The summed E-state index contributed by atoms with van der Waals surface area (Å²) in [5, 5.41) is 0.654. The van der Waals surface area contributed by atoms with E-state index in [-0.39, 0.29) is 22.6 Å². The van der Waals surface area contributed by atoms with Crippen LogP contribution in [0.4, 0.5) is 0 Å². The van der Waals surface area contributed by atoms with Crippen molar-refractivity contribution in [2.45, 2.75) is 13.0 Å². The van der Waals surface area contributed by atoms with Crippen molar-refractivity contribution in [2.75, 3.05) is 14.1 Å². The average Bonchev–Trinajstić information content (AvgIpc) is 2.46. The zero-order chi connectivity index (χ0) is 16.4. The fraction of sp³-hybridized carbons (Fsp3) is 0.267. The lowest BCUT2D eigenvalue weighted by Crippen LogP contribution is -2.35. The van der Waals surface area contributed by atoms with Gasteiger partial charge in [-0.2, -0.15) is 0 Å². The summed E-state index contributed by atoms with van der Waals surface area (Å²) in [6.45, 7) is 1.44. The first kappa shape index (κ1) is 16.0. The predicted octanol–water partition coefficient (Wildman–Crippen LogP) is 2.08. The lowest BCUT2D eigenvalue weighted by molar-refractivity contribution is -0.137. The third-order valence-corrected chi connectivity index (χ3v) is 3.20. The summed E-state index contributed by atoms with van der Waals surface area (Å²) < 4.78 is 10.3. The summed E-state index contributed by atoms with van der Waals surface area (Å²) >= 11 is 5.81. The third kappa shape index (κ3) is 3.28. The van der Waals surface area contributed by atoms with E-state index >= 15 is 0 Å². The topological polar surface area (TPSA) is 76.8 Å². The molecule has 0 N–H and O–H groups in total. The van der Waals surface area contributed by atoms with Gasteiger partial charge in [-0.3, -0.25) is 9.59 Å². The molecule has 22 heavy (non-hydrogen) atoms. The zero-order valence-corrected chi connectivity index (χ0v) is 13.0. The molecule has 1 amide bonds. The predicted molar refractivity (Wildman–Crippen MR) is 81.1 cm³/mol. The van der Waals surface area contributed by atoms with Gasteiger partial charge in [-0.1, -0.05) is 11.6 Å². The van der Waals surface area contributed by atoms with Gasteiger partial charge < -0.3 is 14.1 Å². The Morgan fingerprint density at radius 3 is 2.59 bits per heavy atom. The highest BCUT2D eigenvalue weighted by Gasteiger charge is 2.22. The molecule has 0 aliphatic heterocycles. The van der Waals surface area contributed by atoms with E-state index in [1.54, 1.807) is 20.2 Å². The fourth-order valence-electron chi connectivity index (χ4n) is 1.86. The first-order valence-corrected chi connectivity index (χ1v) is 6.83. The Labute approximate surface area is 131 Å². The molecule has 0 bridgehead atoms. The van der Waals surface area contributed by atoms with E-state index in [0.29, 0.717) is 5.02 Å². The van der Waals surface area contributed by atoms with Crippen molar-refractivity contribution in [1.29, 1.82) is 0 Å². The molecule has 0 saturated carbocycles. The van der Waals surface area contributed by atoms with Gasteiger partial charge in [-0.25, -0.2) is 4.79 Å². The van der Waals surface area contributed by atoms with Crippen LogP contribution in [0, 0.1) is 0 Å². The number of ether oxygens (including phenoxy) is 1. The molecule has 0 spiro atoms. The minimum Gasteiger partial charge on any atom is -0.449 e. The number of fused-ring (bicyclic) bond motifs is 1. The van der Waals surface area contributed by atoms with Gasteiger partial charge >= 0.3 is 5.97 Å².